The predicted molar refractivity (Wildman–Crippen MR) is 139 cm³/mol. The monoisotopic (exact) mass is 535 g/mol. The summed E-state index contributed by atoms with van der Waals surface area (Å²) in [4.78, 5) is 13.2. The largest absolute Gasteiger partial charge is 0.497 e. The van der Waals surface area contributed by atoms with Crippen LogP contribution < -0.4 is 24.8 Å². The van der Waals surface area contributed by atoms with Crippen molar-refractivity contribution in [3.63, 3.8) is 0 Å². The molecule has 5 rings (SSSR count). The van der Waals surface area contributed by atoms with E-state index in [1.54, 1.807) is 19.5 Å². The van der Waals surface area contributed by atoms with Crippen LogP contribution >= 0.6 is 15.9 Å². The second kappa shape index (κ2) is 10.9. The highest BCUT2D eigenvalue weighted by Gasteiger charge is 2.20. The molecule has 2 N–H and O–H groups in total. The Balaban J connectivity index is 1.52. The third kappa shape index (κ3) is 5.63. The second-order valence-corrected chi connectivity index (χ2v) is 9.08. The van der Waals surface area contributed by atoms with Crippen LogP contribution in [0.2, 0.25) is 0 Å². The minimum absolute atomic E-state index is 0.102. The van der Waals surface area contributed by atoms with Gasteiger partial charge >= 0.3 is 0 Å². The van der Waals surface area contributed by atoms with Crippen LogP contribution in [0.1, 0.15) is 18.4 Å². The molecule has 180 valence electrons. The normalized spacial score (nSPS) is 14.0. The smallest absolute Gasteiger partial charge is 0.145 e. The Morgan fingerprint density at radius 1 is 1.09 bits per heavy atom. The Labute approximate surface area is 212 Å². The average Bonchev–Trinajstić information content (AvgIpc) is 2.90. The molecule has 0 saturated carbocycles. The number of rotatable bonds is 8. The fraction of sp³-hybridized carbons (Fsp3) is 0.269. The van der Waals surface area contributed by atoms with Crippen molar-refractivity contribution in [2.45, 2.75) is 25.6 Å². The van der Waals surface area contributed by atoms with E-state index in [0.717, 1.165) is 58.3 Å². The molecule has 0 unspecified atom stereocenters. The number of piperidine rings is 1. The van der Waals surface area contributed by atoms with Crippen molar-refractivity contribution in [2.75, 3.05) is 25.5 Å². The van der Waals surface area contributed by atoms with Gasteiger partial charge in [0, 0.05) is 40.6 Å². The van der Waals surface area contributed by atoms with Crippen LogP contribution in [0.15, 0.2) is 65.7 Å². The van der Waals surface area contributed by atoms with Gasteiger partial charge in [0.2, 0.25) is 0 Å². The molecule has 35 heavy (non-hydrogen) atoms. The fourth-order valence-corrected chi connectivity index (χ4v) is 4.34. The van der Waals surface area contributed by atoms with E-state index < -0.39 is 0 Å². The molecule has 1 aliphatic rings. The number of fused-ring (bicyclic) bond motifs is 1. The third-order valence-corrected chi connectivity index (χ3v) is 6.50. The Morgan fingerprint density at radius 3 is 2.77 bits per heavy atom. The lowest BCUT2D eigenvalue weighted by molar-refractivity contribution is 0.164. The van der Waals surface area contributed by atoms with E-state index >= 15 is 0 Å². The maximum absolute atomic E-state index is 6.53. The van der Waals surface area contributed by atoms with E-state index in [0.29, 0.717) is 23.9 Å². The van der Waals surface area contributed by atoms with Crippen molar-refractivity contribution in [1.29, 1.82) is 0 Å². The number of nitrogens with one attached hydrogen (secondary N) is 2. The standard InChI is InChI=1S/C26H26BrN5O3/c1-33-19-4-5-21(27)22(11-19)32-26-25-23(30-16-31-26)12-20(34-15-17-3-2-8-29-14-17)13-24(25)35-18-6-9-28-10-7-18/h2-5,8,11-14,16,18,28H,6-7,9-10,15H2,1H3,(H,30,31,32). The quantitative estimate of drug-likeness (QED) is 0.316. The van der Waals surface area contributed by atoms with Crippen molar-refractivity contribution in [3.8, 4) is 17.2 Å². The summed E-state index contributed by atoms with van der Waals surface area (Å²) in [5.74, 6) is 2.76. The highest BCUT2D eigenvalue weighted by Crippen LogP contribution is 2.38. The van der Waals surface area contributed by atoms with E-state index in [1.807, 2.05) is 42.5 Å². The molecule has 0 radical (unpaired) electrons. The maximum Gasteiger partial charge on any atom is 0.145 e. The second-order valence-electron chi connectivity index (χ2n) is 8.23. The Hall–Kier alpha value is -3.43. The fourth-order valence-electron chi connectivity index (χ4n) is 4.00. The SMILES string of the molecule is COc1ccc(Br)c(Nc2ncnc3cc(OCc4cccnc4)cc(OC4CCNCC4)c23)c1. The molecule has 1 saturated heterocycles. The molecule has 0 aliphatic carbocycles. The predicted octanol–water partition coefficient (Wildman–Crippen LogP) is 5.25. The molecule has 0 bridgehead atoms. The number of hydrogen-bond acceptors (Lipinski definition) is 8. The zero-order valence-electron chi connectivity index (χ0n) is 19.3. The van der Waals surface area contributed by atoms with Crippen LogP contribution in [0.4, 0.5) is 11.5 Å². The number of benzene rings is 2. The summed E-state index contributed by atoms with van der Waals surface area (Å²) in [6.45, 7) is 2.26. The summed E-state index contributed by atoms with van der Waals surface area (Å²) in [7, 11) is 1.64. The van der Waals surface area contributed by atoms with Gasteiger partial charge in [-0.25, -0.2) is 9.97 Å². The van der Waals surface area contributed by atoms with Crippen molar-refractivity contribution < 1.29 is 14.2 Å². The van der Waals surface area contributed by atoms with Crippen LogP contribution in [0.5, 0.6) is 17.2 Å². The first-order valence-corrected chi connectivity index (χ1v) is 12.3. The molecule has 8 nitrogen and oxygen atoms in total. The number of nitrogens with zero attached hydrogens (tertiary/aromatic N) is 3. The van der Waals surface area contributed by atoms with Crippen molar-refractivity contribution in [2.24, 2.45) is 0 Å². The van der Waals surface area contributed by atoms with E-state index in [9.17, 15) is 0 Å². The van der Waals surface area contributed by atoms with Crippen molar-refractivity contribution in [1.82, 2.24) is 20.3 Å². The van der Waals surface area contributed by atoms with Gasteiger partial charge in [-0.2, -0.15) is 0 Å². The Morgan fingerprint density at radius 2 is 1.97 bits per heavy atom. The first-order valence-electron chi connectivity index (χ1n) is 11.5. The number of halogens is 1. The number of anilines is 2. The van der Waals surface area contributed by atoms with Gasteiger partial charge in [0.25, 0.3) is 0 Å². The van der Waals surface area contributed by atoms with E-state index in [1.165, 1.54) is 6.33 Å². The Bertz CT molecular complexity index is 1300. The lowest BCUT2D eigenvalue weighted by atomic mass is 10.1. The number of pyridine rings is 1. The average molecular weight is 536 g/mol. The molecule has 4 aromatic rings. The number of hydrogen-bond donors (Lipinski definition) is 2. The summed E-state index contributed by atoms with van der Waals surface area (Å²) in [5.41, 5.74) is 2.55. The van der Waals surface area contributed by atoms with Gasteiger partial charge in [-0.1, -0.05) is 6.07 Å². The van der Waals surface area contributed by atoms with Crippen molar-refractivity contribution >= 4 is 38.3 Å². The molecule has 2 aromatic carbocycles. The van der Waals surface area contributed by atoms with Gasteiger partial charge in [-0.15, -0.1) is 0 Å². The van der Waals surface area contributed by atoms with Gasteiger partial charge < -0.3 is 24.8 Å². The van der Waals surface area contributed by atoms with Gasteiger partial charge in [0.1, 0.15) is 42.1 Å². The van der Waals surface area contributed by atoms with E-state index in [-0.39, 0.29) is 6.10 Å². The van der Waals surface area contributed by atoms with Crippen LogP contribution in [0.3, 0.4) is 0 Å². The van der Waals surface area contributed by atoms with Crippen LogP contribution in [-0.2, 0) is 6.61 Å². The molecule has 0 amide bonds. The molecule has 1 aliphatic heterocycles. The highest BCUT2D eigenvalue weighted by molar-refractivity contribution is 9.10. The van der Waals surface area contributed by atoms with Crippen molar-refractivity contribution in [3.05, 3.63) is 71.2 Å². The van der Waals surface area contributed by atoms with Crippen LogP contribution in [0, 0.1) is 0 Å². The minimum Gasteiger partial charge on any atom is -0.497 e. The van der Waals surface area contributed by atoms with E-state index in [2.05, 4.69) is 41.5 Å². The molecule has 9 heteroatoms. The maximum atomic E-state index is 6.53. The number of ether oxygens (including phenoxy) is 3. The highest BCUT2D eigenvalue weighted by atomic mass is 79.9. The van der Waals surface area contributed by atoms with Gasteiger partial charge in [-0.05, 0) is 60.1 Å². The summed E-state index contributed by atoms with van der Waals surface area (Å²) < 4.78 is 18.9. The molecule has 3 heterocycles. The van der Waals surface area contributed by atoms with Gasteiger partial charge in [-0.3, -0.25) is 4.98 Å². The van der Waals surface area contributed by atoms with Gasteiger partial charge in [0.05, 0.1) is 23.7 Å². The minimum atomic E-state index is 0.102. The molecular formula is C26H26BrN5O3. The summed E-state index contributed by atoms with van der Waals surface area (Å²) in [5, 5.41) is 7.61. The molecule has 0 atom stereocenters. The Kier molecular flexibility index (Phi) is 7.25. The number of methoxy groups -OCH3 is 1. The zero-order valence-corrected chi connectivity index (χ0v) is 20.9. The number of aromatic nitrogens is 3. The first kappa shape index (κ1) is 23.3. The summed E-state index contributed by atoms with van der Waals surface area (Å²) >= 11 is 3.61. The topological polar surface area (TPSA) is 90.4 Å². The molecule has 0 spiro atoms. The lowest BCUT2D eigenvalue weighted by Crippen LogP contribution is -2.34. The molecular weight excluding hydrogens is 510 g/mol. The van der Waals surface area contributed by atoms with Crippen LogP contribution in [-0.4, -0.2) is 41.3 Å². The van der Waals surface area contributed by atoms with E-state index in [4.69, 9.17) is 14.2 Å². The zero-order chi connectivity index (χ0) is 24.0. The lowest BCUT2D eigenvalue weighted by Gasteiger charge is -2.25. The third-order valence-electron chi connectivity index (χ3n) is 5.81. The van der Waals surface area contributed by atoms with Gasteiger partial charge in [0.15, 0.2) is 0 Å². The molecule has 1 fully saturated rings. The summed E-state index contributed by atoms with van der Waals surface area (Å²) in [6, 6.07) is 13.5. The first-order chi connectivity index (χ1) is 17.2. The summed E-state index contributed by atoms with van der Waals surface area (Å²) in [6.07, 6.45) is 7.04. The molecule has 2 aromatic heterocycles. The van der Waals surface area contributed by atoms with Crippen LogP contribution in [0.25, 0.3) is 10.9 Å².